The van der Waals surface area contributed by atoms with E-state index in [1.165, 1.54) is 7.11 Å². The van der Waals surface area contributed by atoms with Crippen molar-refractivity contribution in [2.45, 2.75) is 25.5 Å². The summed E-state index contributed by atoms with van der Waals surface area (Å²) in [5.74, 6) is 1.40. The summed E-state index contributed by atoms with van der Waals surface area (Å²) in [6.07, 6.45) is 0.684. The molecule has 1 unspecified atom stereocenters. The van der Waals surface area contributed by atoms with Gasteiger partial charge in [-0.05, 0) is 36.2 Å². The van der Waals surface area contributed by atoms with E-state index in [9.17, 15) is 9.59 Å². The molecule has 7 nitrogen and oxygen atoms in total. The Morgan fingerprint density at radius 2 is 2.00 bits per heavy atom. The third-order valence-electron chi connectivity index (χ3n) is 4.11. The monoisotopic (exact) mass is 406 g/mol. The Balaban J connectivity index is 0.000000202. The lowest BCUT2D eigenvalue weighted by molar-refractivity contribution is -0.119. The molecule has 1 atom stereocenters. The lowest BCUT2D eigenvalue weighted by Crippen LogP contribution is -2.18. The molecule has 0 aliphatic carbocycles. The minimum Gasteiger partial charge on any atom is -0.497 e. The highest BCUT2D eigenvalue weighted by Crippen LogP contribution is 2.26. The van der Waals surface area contributed by atoms with E-state index in [0.29, 0.717) is 17.9 Å². The first-order chi connectivity index (χ1) is 13.4. The normalized spacial score (nSPS) is 15.1. The number of carbonyl (C=O) groups excluding carboxylic acids is 2. The number of hydrogen-bond donors (Lipinski definition) is 2. The van der Waals surface area contributed by atoms with Crippen molar-refractivity contribution in [3.8, 4) is 11.5 Å². The molecule has 1 heterocycles. The van der Waals surface area contributed by atoms with Gasteiger partial charge in [-0.1, -0.05) is 23.7 Å². The number of methoxy groups -OCH3 is 2. The van der Waals surface area contributed by atoms with Crippen LogP contribution in [-0.2, 0) is 16.1 Å². The van der Waals surface area contributed by atoms with Gasteiger partial charge in [-0.25, -0.2) is 4.79 Å². The Morgan fingerprint density at radius 1 is 1.21 bits per heavy atom. The number of halogens is 1. The molecule has 1 aliphatic rings. The van der Waals surface area contributed by atoms with E-state index < -0.39 is 6.09 Å². The van der Waals surface area contributed by atoms with Crippen LogP contribution in [0.3, 0.4) is 0 Å². The van der Waals surface area contributed by atoms with Crippen molar-refractivity contribution >= 4 is 23.6 Å². The Bertz CT molecular complexity index is 828. The van der Waals surface area contributed by atoms with Crippen LogP contribution >= 0.6 is 11.6 Å². The Labute approximate surface area is 168 Å². The predicted octanol–water partition coefficient (Wildman–Crippen LogP) is 3.59. The average Bonchev–Trinajstić information content (AvgIpc) is 3.13. The summed E-state index contributed by atoms with van der Waals surface area (Å²) in [6.45, 7) is 0.0858. The first-order valence-corrected chi connectivity index (χ1v) is 8.98. The Morgan fingerprint density at radius 3 is 2.57 bits per heavy atom. The molecule has 0 radical (unpaired) electrons. The summed E-state index contributed by atoms with van der Waals surface area (Å²) in [5, 5.41) is 3.62. The number of hydrogen-bond acceptors (Lipinski definition) is 5. The van der Waals surface area contributed by atoms with Crippen LogP contribution in [-0.4, -0.2) is 26.2 Å². The van der Waals surface area contributed by atoms with Crippen molar-refractivity contribution in [1.29, 1.82) is 0 Å². The summed E-state index contributed by atoms with van der Waals surface area (Å²) >= 11 is 5.85. The average molecular weight is 407 g/mol. The zero-order chi connectivity index (χ0) is 20.5. The fourth-order valence-corrected chi connectivity index (χ4v) is 2.91. The first kappa shape index (κ1) is 21.4. The van der Waals surface area contributed by atoms with E-state index in [1.807, 2.05) is 24.3 Å². The maximum atomic E-state index is 11.0. The summed E-state index contributed by atoms with van der Waals surface area (Å²) in [5.41, 5.74) is 6.69. The van der Waals surface area contributed by atoms with Gasteiger partial charge in [0, 0.05) is 23.1 Å². The van der Waals surface area contributed by atoms with Crippen LogP contribution in [0.15, 0.2) is 42.5 Å². The van der Waals surface area contributed by atoms with E-state index in [0.717, 1.165) is 22.6 Å². The number of rotatable bonds is 5. The maximum absolute atomic E-state index is 11.0. The highest BCUT2D eigenvalue weighted by molar-refractivity contribution is 6.30. The molecule has 3 rings (SSSR count). The van der Waals surface area contributed by atoms with Crippen molar-refractivity contribution in [1.82, 2.24) is 5.32 Å². The minimum atomic E-state index is -0.812. The second kappa shape index (κ2) is 10.4. The van der Waals surface area contributed by atoms with Crippen LogP contribution in [0, 0.1) is 0 Å². The minimum absolute atomic E-state index is 0.0858. The van der Waals surface area contributed by atoms with E-state index in [1.54, 1.807) is 25.3 Å². The number of ether oxygens (including phenoxy) is 3. The Hall–Kier alpha value is -2.93. The molecule has 150 valence electrons. The van der Waals surface area contributed by atoms with Crippen molar-refractivity contribution in [2.24, 2.45) is 5.73 Å². The molecule has 1 saturated heterocycles. The summed E-state index contributed by atoms with van der Waals surface area (Å²) in [7, 11) is 3.09. The number of amides is 2. The van der Waals surface area contributed by atoms with E-state index >= 15 is 0 Å². The van der Waals surface area contributed by atoms with Gasteiger partial charge in [0.1, 0.15) is 18.1 Å². The first-order valence-electron chi connectivity index (χ1n) is 8.61. The molecule has 3 N–H and O–H groups in total. The topological polar surface area (TPSA) is 99.9 Å². The molecule has 0 bridgehead atoms. The van der Waals surface area contributed by atoms with Crippen molar-refractivity contribution < 1.29 is 23.8 Å². The molecule has 2 amide bonds. The third-order valence-corrected chi connectivity index (χ3v) is 4.35. The van der Waals surface area contributed by atoms with Crippen LogP contribution in [0.25, 0.3) is 0 Å². The molecule has 28 heavy (non-hydrogen) atoms. The largest absolute Gasteiger partial charge is 0.497 e. The van der Waals surface area contributed by atoms with Gasteiger partial charge >= 0.3 is 6.09 Å². The smallest absolute Gasteiger partial charge is 0.404 e. The summed E-state index contributed by atoms with van der Waals surface area (Å²) in [4.78, 5) is 21.4. The molecular weight excluding hydrogens is 384 g/mol. The molecule has 0 saturated carbocycles. The van der Waals surface area contributed by atoms with Gasteiger partial charge in [-0.2, -0.15) is 0 Å². The third kappa shape index (κ3) is 6.35. The van der Waals surface area contributed by atoms with Crippen LogP contribution in [0.5, 0.6) is 11.5 Å². The van der Waals surface area contributed by atoms with Gasteiger partial charge in [0.2, 0.25) is 5.91 Å². The fraction of sp³-hybridized carbons (Fsp3) is 0.300. The molecule has 1 aliphatic heterocycles. The van der Waals surface area contributed by atoms with Crippen molar-refractivity contribution in [2.75, 3.05) is 14.2 Å². The number of nitrogens with one attached hydrogen (secondary N) is 1. The Kier molecular flexibility index (Phi) is 7.95. The number of carbonyl (C=O) groups is 2. The molecule has 2 aromatic rings. The zero-order valence-electron chi connectivity index (χ0n) is 15.7. The SMILES string of the molecule is COc1ccc(COC(N)=O)c(OC)c1.O=C1CCC(c2cccc(Cl)c2)N1. The molecule has 0 spiro atoms. The van der Waals surface area contributed by atoms with Gasteiger partial charge in [0.15, 0.2) is 0 Å². The zero-order valence-corrected chi connectivity index (χ0v) is 16.5. The van der Waals surface area contributed by atoms with Gasteiger partial charge in [0.25, 0.3) is 0 Å². The van der Waals surface area contributed by atoms with E-state index in [4.69, 9.17) is 26.8 Å². The predicted molar refractivity (Wildman–Crippen MR) is 105 cm³/mol. The van der Waals surface area contributed by atoms with Gasteiger partial charge in [-0.3, -0.25) is 4.79 Å². The molecule has 2 aromatic carbocycles. The summed E-state index contributed by atoms with van der Waals surface area (Å²) in [6, 6.07) is 13.0. The van der Waals surface area contributed by atoms with Crippen molar-refractivity contribution in [3.63, 3.8) is 0 Å². The lowest BCUT2D eigenvalue weighted by Gasteiger charge is -2.09. The standard InChI is InChI=1S/C10H10ClNO.C10H13NO4/c11-8-3-1-2-7(6-8)9-4-5-10(13)12-9;1-13-8-4-3-7(6-15-10(11)12)9(5-8)14-2/h1-3,6,9H,4-5H2,(H,12,13);3-5H,6H2,1-2H3,(H2,11,12). The van der Waals surface area contributed by atoms with Crippen LogP contribution in [0.2, 0.25) is 5.02 Å². The van der Waals surface area contributed by atoms with Crippen LogP contribution in [0.1, 0.15) is 30.0 Å². The van der Waals surface area contributed by atoms with E-state index in [2.05, 4.69) is 10.1 Å². The lowest BCUT2D eigenvalue weighted by atomic mass is 10.1. The highest BCUT2D eigenvalue weighted by atomic mass is 35.5. The molecule has 1 fully saturated rings. The van der Waals surface area contributed by atoms with Gasteiger partial charge in [0.05, 0.1) is 20.3 Å². The van der Waals surface area contributed by atoms with Gasteiger partial charge in [-0.15, -0.1) is 0 Å². The number of nitrogens with two attached hydrogens (primary N) is 1. The van der Waals surface area contributed by atoms with Crippen molar-refractivity contribution in [3.05, 3.63) is 58.6 Å². The summed E-state index contributed by atoms with van der Waals surface area (Å²) < 4.78 is 14.8. The van der Waals surface area contributed by atoms with Crippen LogP contribution < -0.4 is 20.5 Å². The van der Waals surface area contributed by atoms with Gasteiger partial charge < -0.3 is 25.3 Å². The quantitative estimate of drug-likeness (QED) is 0.790. The molecule has 8 heteroatoms. The van der Waals surface area contributed by atoms with E-state index in [-0.39, 0.29) is 18.6 Å². The fourth-order valence-electron chi connectivity index (χ4n) is 2.71. The number of primary amides is 1. The second-order valence-corrected chi connectivity index (χ2v) is 6.44. The molecule has 0 aromatic heterocycles. The number of benzene rings is 2. The maximum Gasteiger partial charge on any atom is 0.404 e. The molecular formula is C20H23ClN2O5. The van der Waals surface area contributed by atoms with Crippen LogP contribution in [0.4, 0.5) is 4.79 Å². The highest BCUT2D eigenvalue weighted by Gasteiger charge is 2.21. The second-order valence-electron chi connectivity index (χ2n) is 6.00.